The lowest BCUT2D eigenvalue weighted by molar-refractivity contribution is 0.345. The van der Waals surface area contributed by atoms with Crippen LogP contribution in [0.3, 0.4) is 0 Å². The number of hydrogen-bond acceptors (Lipinski definition) is 3. The average molecular weight is 287 g/mol. The molecule has 4 nitrogen and oxygen atoms in total. The monoisotopic (exact) mass is 287 g/mol. The molecule has 19 heavy (non-hydrogen) atoms. The topological polar surface area (TPSA) is 46.6 Å². The highest BCUT2D eigenvalue weighted by Gasteiger charge is 2.16. The van der Waals surface area contributed by atoms with Crippen LogP contribution in [0, 0.1) is 0 Å². The summed E-state index contributed by atoms with van der Waals surface area (Å²) in [5, 5.41) is 0. The number of hydrogen-bond donors (Lipinski definition) is 0. The maximum atomic E-state index is 12.3. The first-order valence-electron chi connectivity index (χ1n) is 5.85. The van der Waals surface area contributed by atoms with Crippen molar-refractivity contribution in [3.05, 3.63) is 36.2 Å². The number of sulfonamides is 1. The molecular weight excluding hydrogens is 269 g/mol. The van der Waals surface area contributed by atoms with E-state index in [4.69, 9.17) is 4.74 Å². The summed E-state index contributed by atoms with van der Waals surface area (Å²) in [7, 11) is -0.485. The van der Waals surface area contributed by atoms with Crippen LogP contribution in [0.1, 0.15) is 13.3 Å². The van der Waals surface area contributed by atoms with Crippen LogP contribution in [0.5, 0.6) is 5.75 Å². The fourth-order valence-electron chi connectivity index (χ4n) is 1.31. The first-order valence-corrected chi connectivity index (χ1v) is 7.29. The molecule has 0 saturated heterocycles. The van der Waals surface area contributed by atoms with Crippen LogP contribution in [0.15, 0.2) is 41.1 Å². The highest BCUT2D eigenvalue weighted by atomic mass is 32.2. The lowest BCUT2D eigenvalue weighted by Gasteiger charge is -2.12. The zero-order valence-electron chi connectivity index (χ0n) is 11.3. The second-order valence-corrected chi connectivity index (χ2v) is 6.32. The van der Waals surface area contributed by atoms with Gasteiger partial charge >= 0.3 is 0 Å². The minimum atomic E-state index is -3.43. The Morgan fingerprint density at radius 3 is 2.32 bits per heavy atom. The molecule has 0 bridgehead atoms. The number of ether oxygens (including phenoxy) is 1. The molecular formula is C13H18FNO3S. The Balaban J connectivity index is 2.78. The van der Waals surface area contributed by atoms with Crippen LogP contribution in [0.2, 0.25) is 0 Å². The lowest BCUT2D eigenvalue weighted by atomic mass is 10.2. The summed E-state index contributed by atoms with van der Waals surface area (Å²) in [6, 6.07) is 6.05. The largest absolute Gasteiger partial charge is 0.489 e. The average Bonchev–Trinajstić information content (AvgIpc) is 2.40. The van der Waals surface area contributed by atoms with Gasteiger partial charge in [0.15, 0.2) is 0 Å². The summed E-state index contributed by atoms with van der Waals surface area (Å²) in [5.74, 6) is 0.505. The van der Waals surface area contributed by atoms with Gasteiger partial charge in [-0.2, -0.15) is 0 Å². The van der Waals surface area contributed by atoms with Crippen LogP contribution >= 0.6 is 0 Å². The van der Waals surface area contributed by atoms with Crippen LogP contribution < -0.4 is 4.74 Å². The van der Waals surface area contributed by atoms with Gasteiger partial charge in [0.2, 0.25) is 10.0 Å². The summed E-state index contributed by atoms with van der Waals surface area (Å²) in [6.07, 6.45) is 1.11. The van der Waals surface area contributed by atoms with Gasteiger partial charge in [0.05, 0.1) is 11.2 Å². The summed E-state index contributed by atoms with van der Waals surface area (Å²) >= 11 is 0. The first-order chi connectivity index (χ1) is 8.91. The Hall–Kier alpha value is -1.40. The number of halogens is 1. The van der Waals surface area contributed by atoms with E-state index in [-0.39, 0.29) is 11.5 Å². The zero-order valence-corrected chi connectivity index (χ0v) is 12.1. The third kappa shape index (κ3) is 4.04. The lowest BCUT2D eigenvalue weighted by Crippen LogP contribution is -2.22. The molecule has 0 fully saturated rings. The predicted molar refractivity (Wildman–Crippen MR) is 72.3 cm³/mol. The molecule has 0 heterocycles. The highest BCUT2D eigenvalue weighted by molar-refractivity contribution is 7.89. The van der Waals surface area contributed by atoms with E-state index in [2.05, 4.69) is 0 Å². The molecule has 106 valence electrons. The fraction of sp³-hybridized carbons (Fsp3) is 0.385. The minimum absolute atomic E-state index is 0.160. The van der Waals surface area contributed by atoms with Gasteiger partial charge in [0.25, 0.3) is 0 Å². The van der Waals surface area contributed by atoms with Crippen LogP contribution in [-0.4, -0.2) is 33.4 Å². The Morgan fingerprint density at radius 2 is 1.89 bits per heavy atom. The van der Waals surface area contributed by atoms with Gasteiger partial charge in [-0.15, -0.1) is 0 Å². The SMILES string of the molecule is CC/C(=C/F)COc1ccc(S(=O)(=O)N(C)C)cc1. The normalized spacial score (nSPS) is 12.8. The van der Waals surface area contributed by atoms with E-state index in [1.807, 2.05) is 6.92 Å². The smallest absolute Gasteiger partial charge is 0.242 e. The molecule has 6 heteroatoms. The van der Waals surface area contributed by atoms with Crippen molar-refractivity contribution in [2.24, 2.45) is 0 Å². The number of benzene rings is 1. The molecule has 0 aliphatic carbocycles. The van der Waals surface area contributed by atoms with E-state index in [0.29, 0.717) is 24.1 Å². The number of rotatable bonds is 6. The maximum Gasteiger partial charge on any atom is 0.242 e. The molecule has 0 radical (unpaired) electrons. The molecule has 0 saturated carbocycles. The Kier molecular flexibility index (Phi) is 5.50. The van der Waals surface area contributed by atoms with Crippen molar-refractivity contribution in [2.75, 3.05) is 20.7 Å². The standard InChI is InChI=1S/C13H18FNO3S/c1-4-11(9-14)10-18-12-5-7-13(8-6-12)19(16,17)15(2)3/h5-9H,4,10H2,1-3H3/b11-9-. The molecule has 0 atom stereocenters. The first kappa shape index (κ1) is 15.7. The molecule has 1 aromatic carbocycles. The predicted octanol–water partition coefficient (Wildman–Crippen LogP) is 2.58. The van der Waals surface area contributed by atoms with E-state index < -0.39 is 10.0 Å². The third-order valence-electron chi connectivity index (χ3n) is 2.63. The van der Waals surface area contributed by atoms with Crippen molar-refractivity contribution in [1.29, 1.82) is 0 Å². The molecule has 0 unspecified atom stereocenters. The fourth-order valence-corrected chi connectivity index (χ4v) is 2.21. The van der Waals surface area contributed by atoms with Crippen molar-refractivity contribution in [2.45, 2.75) is 18.2 Å². The van der Waals surface area contributed by atoms with E-state index >= 15 is 0 Å². The Labute approximate surface area is 113 Å². The highest BCUT2D eigenvalue weighted by Crippen LogP contribution is 2.18. The van der Waals surface area contributed by atoms with Gasteiger partial charge < -0.3 is 4.74 Å². The van der Waals surface area contributed by atoms with Gasteiger partial charge in [-0.05, 0) is 36.3 Å². The van der Waals surface area contributed by atoms with Gasteiger partial charge in [-0.1, -0.05) is 6.92 Å². The quantitative estimate of drug-likeness (QED) is 0.808. The van der Waals surface area contributed by atoms with Crippen molar-refractivity contribution < 1.29 is 17.5 Å². The van der Waals surface area contributed by atoms with Crippen molar-refractivity contribution in [3.8, 4) is 5.75 Å². The molecule has 0 aromatic heterocycles. The Morgan fingerprint density at radius 1 is 1.32 bits per heavy atom. The van der Waals surface area contributed by atoms with Gasteiger partial charge in [-0.3, -0.25) is 0 Å². The third-order valence-corrected chi connectivity index (χ3v) is 4.46. The second kappa shape index (κ2) is 6.68. The number of nitrogens with zero attached hydrogens (tertiary/aromatic N) is 1. The van der Waals surface area contributed by atoms with E-state index in [1.165, 1.54) is 26.2 Å². The zero-order chi connectivity index (χ0) is 14.5. The molecule has 0 N–H and O–H groups in total. The molecule has 0 spiro atoms. The van der Waals surface area contributed by atoms with Crippen LogP contribution in [0.25, 0.3) is 0 Å². The summed E-state index contributed by atoms with van der Waals surface area (Å²) in [5.41, 5.74) is 0.546. The van der Waals surface area contributed by atoms with E-state index in [0.717, 1.165) is 4.31 Å². The molecule has 1 aromatic rings. The molecule has 0 aliphatic heterocycles. The minimum Gasteiger partial charge on any atom is -0.489 e. The van der Waals surface area contributed by atoms with Crippen molar-refractivity contribution in [3.63, 3.8) is 0 Å². The summed E-state index contributed by atoms with van der Waals surface area (Å²) in [4.78, 5) is 0.196. The van der Waals surface area contributed by atoms with Crippen LogP contribution in [-0.2, 0) is 10.0 Å². The summed E-state index contributed by atoms with van der Waals surface area (Å²) < 4.78 is 42.5. The summed E-state index contributed by atoms with van der Waals surface area (Å²) in [6.45, 7) is 1.99. The van der Waals surface area contributed by atoms with E-state index in [1.54, 1.807) is 12.1 Å². The van der Waals surface area contributed by atoms with Gasteiger partial charge in [0, 0.05) is 14.1 Å². The molecule has 1 rings (SSSR count). The Bertz CT molecular complexity index is 536. The molecule has 0 amide bonds. The van der Waals surface area contributed by atoms with Crippen LogP contribution in [0.4, 0.5) is 4.39 Å². The van der Waals surface area contributed by atoms with E-state index in [9.17, 15) is 12.8 Å². The second-order valence-electron chi connectivity index (χ2n) is 4.17. The van der Waals surface area contributed by atoms with Crippen molar-refractivity contribution >= 4 is 10.0 Å². The molecule has 0 aliphatic rings. The maximum absolute atomic E-state index is 12.3. The van der Waals surface area contributed by atoms with Crippen molar-refractivity contribution in [1.82, 2.24) is 4.31 Å². The van der Waals surface area contributed by atoms with Gasteiger partial charge in [0.1, 0.15) is 12.4 Å². The van der Waals surface area contributed by atoms with Gasteiger partial charge in [-0.25, -0.2) is 17.1 Å².